The molecule has 33 heavy (non-hydrogen) atoms. The van der Waals surface area contributed by atoms with Crippen molar-refractivity contribution in [2.24, 2.45) is 0 Å². The van der Waals surface area contributed by atoms with E-state index in [1.54, 1.807) is 6.26 Å². The van der Waals surface area contributed by atoms with E-state index < -0.39 is 0 Å². The van der Waals surface area contributed by atoms with Gasteiger partial charge < -0.3 is 9.32 Å². The molecule has 0 N–H and O–H groups in total. The van der Waals surface area contributed by atoms with Gasteiger partial charge in [-0.1, -0.05) is 61.2 Å². The standard InChI is InChI=1S/C25H24N4O2S2/c1-18-13-14-28(20-10-5-6-12-22(20)33-18)23(30)17-32-25-27-26-24(21-11-7-15-31-21)29(25)16-19-8-3-2-4-9-19/h2-12,15,18H,13-14,16-17H2,1H3/t18-/m1/s1. The van der Waals surface area contributed by atoms with Gasteiger partial charge in [0.15, 0.2) is 10.9 Å². The Balaban J connectivity index is 1.38. The van der Waals surface area contributed by atoms with Crippen molar-refractivity contribution in [2.75, 3.05) is 17.2 Å². The van der Waals surface area contributed by atoms with E-state index in [4.69, 9.17) is 4.42 Å². The van der Waals surface area contributed by atoms with Crippen molar-refractivity contribution in [3.05, 3.63) is 78.6 Å². The van der Waals surface area contributed by atoms with Gasteiger partial charge in [0, 0.05) is 16.7 Å². The molecule has 0 bridgehead atoms. The zero-order chi connectivity index (χ0) is 22.6. The number of aromatic nitrogens is 3. The average Bonchev–Trinajstić information content (AvgIpc) is 3.46. The van der Waals surface area contributed by atoms with Crippen molar-refractivity contribution in [3.8, 4) is 11.6 Å². The number of carbonyl (C=O) groups is 1. The van der Waals surface area contributed by atoms with E-state index in [9.17, 15) is 4.79 Å². The molecule has 1 aliphatic heterocycles. The van der Waals surface area contributed by atoms with Gasteiger partial charge in [-0.2, -0.15) is 0 Å². The summed E-state index contributed by atoms with van der Waals surface area (Å²) in [5, 5.41) is 9.95. The van der Waals surface area contributed by atoms with E-state index in [0.717, 1.165) is 29.1 Å². The van der Waals surface area contributed by atoms with Crippen LogP contribution in [0.15, 0.2) is 87.5 Å². The molecule has 2 aromatic heterocycles. The average molecular weight is 477 g/mol. The summed E-state index contributed by atoms with van der Waals surface area (Å²) in [4.78, 5) is 16.4. The first-order valence-corrected chi connectivity index (χ1v) is 12.8. The number of thioether (sulfide) groups is 2. The summed E-state index contributed by atoms with van der Waals surface area (Å²) in [5.74, 6) is 1.68. The molecular weight excluding hydrogens is 452 g/mol. The molecule has 0 aliphatic carbocycles. The Morgan fingerprint density at radius 1 is 1.09 bits per heavy atom. The summed E-state index contributed by atoms with van der Waals surface area (Å²) in [5.41, 5.74) is 2.13. The summed E-state index contributed by atoms with van der Waals surface area (Å²) in [7, 11) is 0. The van der Waals surface area contributed by atoms with Crippen LogP contribution in [0.4, 0.5) is 5.69 Å². The highest BCUT2D eigenvalue weighted by atomic mass is 32.2. The molecule has 6 nitrogen and oxygen atoms in total. The molecule has 0 saturated carbocycles. The molecule has 0 saturated heterocycles. The first kappa shape index (κ1) is 21.9. The molecular formula is C25H24N4O2S2. The van der Waals surface area contributed by atoms with Crippen LogP contribution in [-0.2, 0) is 11.3 Å². The SMILES string of the molecule is C[C@@H]1CCN(C(=O)CSc2nnc(-c3ccco3)n2Cc2ccccc2)c2ccccc2S1. The molecule has 1 atom stereocenters. The molecule has 168 valence electrons. The Morgan fingerprint density at radius 2 is 1.91 bits per heavy atom. The number of fused-ring (bicyclic) bond motifs is 1. The molecule has 1 aliphatic rings. The number of para-hydroxylation sites is 1. The fourth-order valence-corrected chi connectivity index (χ4v) is 5.77. The van der Waals surface area contributed by atoms with Crippen molar-refractivity contribution in [1.82, 2.24) is 14.8 Å². The Bertz CT molecular complexity index is 1220. The van der Waals surface area contributed by atoms with Crippen molar-refractivity contribution in [2.45, 2.75) is 35.2 Å². The van der Waals surface area contributed by atoms with Gasteiger partial charge in [0.05, 0.1) is 24.2 Å². The van der Waals surface area contributed by atoms with E-state index in [0.29, 0.717) is 34.3 Å². The second-order valence-corrected chi connectivity index (χ2v) is 10.3. The molecule has 0 radical (unpaired) electrons. The predicted octanol–water partition coefficient (Wildman–Crippen LogP) is 5.60. The number of benzene rings is 2. The van der Waals surface area contributed by atoms with Crippen molar-refractivity contribution < 1.29 is 9.21 Å². The number of carbonyl (C=O) groups excluding carboxylic acids is 1. The highest BCUT2D eigenvalue weighted by Crippen LogP contribution is 2.37. The van der Waals surface area contributed by atoms with Crippen LogP contribution in [-0.4, -0.2) is 38.2 Å². The normalized spacial score (nSPS) is 15.8. The summed E-state index contributed by atoms with van der Waals surface area (Å²) >= 11 is 3.25. The van der Waals surface area contributed by atoms with Crippen molar-refractivity contribution in [3.63, 3.8) is 0 Å². The van der Waals surface area contributed by atoms with E-state index >= 15 is 0 Å². The van der Waals surface area contributed by atoms with Crippen molar-refractivity contribution >= 4 is 35.1 Å². The second-order valence-electron chi connectivity index (χ2n) is 7.87. The van der Waals surface area contributed by atoms with E-state index in [2.05, 4.69) is 35.3 Å². The van der Waals surface area contributed by atoms with Gasteiger partial charge in [0.2, 0.25) is 11.7 Å². The fraction of sp³-hybridized carbons (Fsp3) is 0.240. The predicted molar refractivity (Wildman–Crippen MR) is 133 cm³/mol. The topological polar surface area (TPSA) is 64.2 Å². The molecule has 2 aromatic carbocycles. The van der Waals surface area contributed by atoms with E-state index in [-0.39, 0.29) is 5.91 Å². The maximum Gasteiger partial charge on any atom is 0.237 e. The third kappa shape index (κ3) is 4.86. The smallest absolute Gasteiger partial charge is 0.237 e. The number of anilines is 1. The minimum Gasteiger partial charge on any atom is -0.461 e. The molecule has 5 rings (SSSR count). The monoisotopic (exact) mass is 476 g/mol. The molecule has 0 unspecified atom stereocenters. The van der Waals surface area contributed by atoms with Gasteiger partial charge in [0.25, 0.3) is 0 Å². The van der Waals surface area contributed by atoms with Gasteiger partial charge in [-0.25, -0.2) is 0 Å². The highest BCUT2D eigenvalue weighted by Gasteiger charge is 2.25. The zero-order valence-corrected chi connectivity index (χ0v) is 19.9. The summed E-state index contributed by atoms with van der Waals surface area (Å²) < 4.78 is 7.60. The third-order valence-electron chi connectivity index (χ3n) is 5.51. The second kappa shape index (κ2) is 9.89. The first-order valence-electron chi connectivity index (χ1n) is 10.9. The fourth-order valence-electron chi connectivity index (χ4n) is 3.84. The van der Waals surface area contributed by atoms with Crippen LogP contribution in [0.1, 0.15) is 18.9 Å². The van der Waals surface area contributed by atoms with Gasteiger partial charge in [-0.05, 0) is 36.2 Å². The summed E-state index contributed by atoms with van der Waals surface area (Å²) in [6.45, 7) is 3.53. The number of hydrogen-bond acceptors (Lipinski definition) is 6. The van der Waals surface area contributed by atoms with Crippen LogP contribution in [0.2, 0.25) is 0 Å². The van der Waals surface area contributed by atoms with Gasteiger partial charge in [-0.3, -0.25) is 9.36 Å². The van der Waals surface area contributed by atoms with Crippen LogP contribution >= 0.6 is 23.5 Å². The Hall–Kier alpha value is -2.97. The molecule has 1 amide bonds. The highest BCUT2D eigenvalue weighted by molar-refractivity contribution is 8.00. The van der Waals surface area contributed by atoms with Gasteiger partial charge in [-0.15, -0.1) is 22.0 Å². The zero-order valence-electron chi connectivity index (χ0n) is 18.3. The number of furan rings is 1. The number of amides is 1. The minimum atomic E-state index is 0.0796. The lowest BCUT2D eigenvalue weighted by atomic mass is 10.2. The number of rotatable bonds is 6. The maximum absolute atomic E-state index is 13.3. The van der Waals surface area contributed by atoms with Crippen LogP contribution in [0.25, 0.3) is 11.6 Å². The summed E-state index contributed by atoms with van der Waals surface area (Å²) in [6, 6.07) is 22.0. The Labute approximate surface area is 201 Å². The first-order chi connectivity index (χ1) is 16.2. The number of hydrogen-bond donors (Lipinski definition) is 0. The number of nitrogens with zero attached hydrogens (tertiary/aromatic N) is 4. The van der Waals surface area contributed by atoms with Gasteiger partial charge >= 0.3 is 0 Å². The van der Waals surface area contributed by atoms with Crippen molar-refractivity contribution in [1.29, 1.82) is 0 Å². The lowest BCUT2D eigenvalue weighted by molar-refractivity contribution is -0.116. The lowest BCUT2D eigenvalue weighted by Gasteiger charge is -2.22. The van der Waals surface area contributed by atoms with Crippen LogP contribution in [0.5, 0.6) is 0 Å². The quantitative estimate of drug-likeness (QED) is 0.338. The molecule has 4 aromatic rings. The maximum atomic E-state index is 13.3. The Kier molecular flexibility index (Phi) is 6.55. The van der Waals surface area contributed by atoms with Gasteiger partial charge in [0.1, 0.15) is 0 Å². The van der Waals surface area contributed by atoms with E-state index in [1.165, 1.54) is 11.8 Å². The molecule has 8 heteroatoms. The van der Waals surface area contributed by atoms with Crippen LogP contribution < -0.4 is 4.90 Å². The third-order valence-corrected chi connectivity index (χ3v) is 7.70. The Morgan fingerprint density at radius 3 is 2.73 bits per heavy atom. The summed E-state index contributed by atoms with van der Waals surface area (Å²) in [6.07, 6.45) is 2.59. The largest absolute Gasteiger partial charge is 0.461 e. The van der Waals surface area contributed by atoms with Crippen LogP contribution in [0, 0.1) is 0 Å². The van der Waals surface area contributed by atoms with Crippen LogP contribution in [0.3, 0.4) is 0 Å². The minimum absolute atomic E-state index is 0.0796. The molecule has 0 fully saturated rings. The molecule has 0 spiro atoms. The lowest BCUT2D eigenvalue weighted by Crippen LogP contribution is -2.33. The molecule has 3 heterocycles. The van der Waals surface area contributed by atoms with E-state index in [1.807, 2.05) is 69.8 Å².